The van der Waals surface area contributed by atoms with Crippen LogP contribution in [-0.4, -0.2) is 24.3 Å². The highest BCUT2D eigenvalue weighted by atomic mass is 16.6. The third-order valence-corrected chi connectivity index (χ3v) is 2.40. The first kappa shape index (κ1) is 16.2. The molecule has 1 unspecified atom stereocenters. The molecule has 0 aromatic heterocycles. The van der Waals surface area contributed by atoms with E-state index in [0.29, 0.717) is 13.2 Å². The van der Waals surface area contributed by atoms with Gasteiger partial charge in [0.15, 0.2) is 0 Å². The van der Waals surface area contributed by atoms with Crippen LogP contribution in [0.2, 0.25) is 0 Å². The molecule has 1 N–H and O–H groups in total. The predicted octanol–water partition coefficient (Wildman–Crippen LogP) is 3.28. The van der Waals surface area contributed by atoms with Crippen molar-refractivity contribution in [1.29, 1.82) is 0 Å². The van der Waals surface area contributed by atoms with E-state index in [1.54, 1.807) is 6.08 Å². The van der Waals surface area contributed by atoms with Crippen molar-refractivity contribution in [3.05, 3.63) is 48.6 Å². The summed E-state index contributed by atoms with van der Waals surface area (Å²) in [6.07, 6.45) is 1.17. The molecule has 1 rings (SSSR count). The molecule has 0 saturated carbocycles. The van der Waals surface area contributed by atoms with E-state index in [2.05, 4.69) is 11.9 Å². The Morgan fingerprint density at radius 2 is 2.00 bits per heavy atom. The Kier molecular flexibility index (Phi) is 6.25. The highest BCUT2D eigenvalue weighted by Gasteiger charge is 2.18. The minimum absolute atomic E-state index is 0.270. The highest BCUT2D eigenvalue weighted by Crippen LogP contribution is 2.07. The van der Waals surface area contributed by atoms with Gasteiger partial charge in [0.1, 0.15) is 5.60 Å². The van der Waals surface area contributed by atoms with E-state index in [-0.39, 0.29) is 6.04 Å². The second-order valence-electron chi connectivity index (χ2n) is 5.49. The number of benzene rings is 1. The lowest BCUT2D eigenvalue weighted by atomic mass is 10.2. The van der Waals surface area contributed by atoms with Crippen molar-refractivity contribution in [3.63, 3.8) is 0 Å². The second-order valence-corrected chi connectivity index (χ2v) is 5.49. The molecule has 0 fully saturated rings. The summed E-state index contributed by atoms with van der Waals surface area (Å²) in [4.78, 5) is 11.6. The van der Waals surface area contributed by atoms with Crippen molar-refractivity contribution < 1.29 is 14.3 Å². The van der Waals surface area contributed by atoms with Crippen molar-refractivity contribution in [3.8, 4) is 0 Å². The number of hydrogen-bond acceptors (Lipinski definition) is 3. The maximum absolute atomic E-state index is 11.6. The van der Waals surface area contributed by atoms with Crippen LogP contribution in [0.15, 0.2) is 43.0 Å². The SMILES string of the molecule is C=CC(COCc1ccccc1)NC(=O)OC(C)(C)C. The van der Waals surface area contributed by atoms with Crippen LogP contribution in [-0.2, 0) is 16.1 Å². The van der Waals surface area contributed by atoms with Gasteiger partial charge in [-0.15, -0.1) is 6.58 Å². The molecule has 4 heteroatoms. The summed E-state index contributed by atoms with van der Waals surface area (Å²) in [5.41, 5.74) is 0.577. The number of ether oxygens (including phenoxy) is 2. The zero-order chi connectivity index (χ0) is 15.0. The summed E-state index contributed by atoms with van der Waals surface area (Å²) in [5.74, 6) is 0. The number of nitrogens with one attached hydrogen (secondary N) is 1. The fourth-order valence-electron chi connectivity index (χ4n) is 1.51. The van der Waals surface area contributed by atoms with E-state index < -0.39 is 11.7 Å². The van der Waals surface area contributed by atoms with Gasteiger partial charge in [0, 0.05) is 0 Å². The van der Waals surface area contributed by atoms with E-state index in [4.69, 9.17) is 9.47 Å². The quantitative estimate of drug-likeness (QED) is 0.812. The van der Waals surface area contributed by atoms with Crippen LogP contribution in [0.1, 0.15) is 26.3 Å². The van der Waals surface area contributed by atoms with Gasteiger partial charge in [0.2, 0.25) is 0 Å². The van der Waals surface area contributed by atoms with Gasteiger partial charge in [0.25, 0.3) is 0 Å². The summed E-state index contributed by atoms with van der Waals surface area (Å²) in [5, 5.41) is 2.71. The van der Waals surface area contributed by atoms with Gasteiger partial charge >= 0.3 is 6.09 Å². The molecule has 1 aromatic rings. The number of amides is 1. The maximum atomic E-state index is 11.6. The van der Waals surface area contributed by atoms with Crippen molar-refractivity contribution in [1.82, 2.24) is 5.32 Å². The van der Waals surface area contributed by atoms with Gasteiger partial charge in [-0.1, -0.05) is 36.4 Å². The third-order valence-electron chi connectivity index (χ3n) is 2.40. The first-order chi connectivity index (χ1) is 9.40. The Labute approximate surface area is 120 Å². The molecule has 0 heterocycles. The summed E-state index contributed by atoms with van der Waals surface area (Å²) in [6, 6.07) is 9.59. The number of carbonyl (C=O) groups is 1. The molecule has 0 aliphatic heterocycles. The number of carbonyl (C=O) groups excluding carboxylic acids is 1. The van der Waals surface area contributed by atoms with Gasteiger partial charge in [0.05, 0.1) is 19.3 Å². The highest BCUT2D eigenvalue weighted by molar-refractivity contribution is 5.68. The summed E-state index contributed by atoms with van der Waals surface area (Å²) >= 11 is 0. The Morgan fingerprint density at radius 3 is 2.55 bits per heavy atom. The zero-order valence-corrected chi connectivity index (χ0v) is 12.4. The molecule has 1 amide bonds. The Morgan fingerprint density at radius 1 is 1.35 bits per heavy atom. The summed E-state index contributed by atoms with van der Waals surface area (Å²) in [6.45, 7) is 10.0. The van der Waals surface area contributed by atoms with E-state index in [9.17, 15) is 4.79 Å². The molecule has 4 nitrogen and oxygen atoms in total. The van der Waals surface area contributed by atoms with Crippen LogP contribution < -0.4 is 5.32 Å². The topological polar surface area (TPSA) is 47.6 Å². The van der Waals surface area contributed by atoms with Crippen LogP contribution in [0.25, 0.3) is 0 Å². The minimum atomic E-state index is -0.513. The maximum Gasteiger partial charge on any atom is 0.408 e. The van der Waals surface area contributed by atoms with Gasteiger partial charge < -0.3 is 14.8 Å². The molecule has 0 radical (unpaired) electrons. The monoisotopic (exact) mass is 277 g/mol. The summed E-state index contributed by atoms with van der Waals surface area (Å²) in [7, 11) is 0. The Balaban J connectivity index is 2.33. The van der Waals surface area contributed by atoms with Gasteiger partial charge in [-0.25, -0.2) is 4.79 Å². The molecule has 0 aliphatic rings. The average molecular weight is 277 g/mol. The third kappa shape index (κ3) is 6.95. The first-order valence-corrected chi connectivity index (χ1v) is 6.64. The summed E-state index contributed by atoms with van der Waals surface area (Å²) < 4.78 is 10.7. The molecule has 1 atom stereocenters. The first-order valence-electron chi connectivity index (χ1n) is 6.64. The van der Waals surface area contributed by atoms with Gasteiger partial charge in [-0.3, -0.25) is 0 Å². The number of hydrogen-bond donors (Lipinski definition) is 1. The van der Waals surface area contributed by atoms with Gasteiger partial charge in [-0.05, 0) is 26.3 Å². The molecule has 0 aliphatic carbocycles. The number of rotatable bonds is 6. The number of alkyl carbamates (subject to hydrolysis) is 1. The second kappa shape index (κ2) is 7.70. The lowest BCUT2D eigenvalue weighted by molar-refractivity contribution is 0.0459. The van der Waals surface area contributed by atoms with Crippen molar-refractivity contribution in [2.75, 3.05) is 6.61 Å². The molecule has 0 spiro atoms. The molecule has 110 valence electrons. The fraction of sp³-hybridized carbons (Fsp3) is 0.438. The molecular formula is C16H23NO3. The van der Waals surface area contributed by atoms with Crippen molar-refractivity contribution >= 4 is 6.09 Å². The average Bonchev–Trinajstić information content (AvgIpc) is 2.36. The lowest BCUT2D eigenvalue weighted by Gasteiger charge is -2.22. The van der Waals surface area contributed by atoms with Crippen LogP contribution in [0.4, 0.5) is 4.79 Å². The van der Waals surface area contributed by atoms with Crippen LogP contribution >= 0.6 is 0 Å². The molecular weight excluding hydrogens is 254 g/mol. The van der Waals surface area contributed by atoms with E-state index in [0.717, 1.165) is 5.56 Å². The smallest absolute Gasteiger partial charge is 0.408 e. The molecule has 1 aromatic carbocycles. The minimum Gasteiger partial charge on any atom is -0.444 e. The lowest BCUT2D eigenvalue weighted by Crippen LogP contribution is -2.40. The molecule has 20 heavy (non-hydrogen) atoms. The molecule has 0 saturated heterocycles. The Hall–Kier alpha value is -1.81. The van der Waals surface area contributed by atoms with Crippen LogP contribution in [0.3, 0.4) is 0 Å². The van der Waals surface area contributed by atoms with E-state index in [1.807, 2.05) is 51.1 Å². The van der Waals surface area contributed by atoms with Gasteiger partial charge in [-0.2, -0.15) is 0 Å². The van der Waals surface area contributed by atoms with E-state index in [1.165, 1.54) is 0 Å². The van der Waals surface area contributed by atoms with Crippen molar-refractivity contribution in [2.45, 2.75) is 39.0 Å². The van der Waals surface area contributed by atoms with Crippen molar-refractivity contribution in [2.24, 2.45) is 0 Å². The van der Waals surface area contributed by atoms with Crippen LogP contribution in [0.5, 0.6) is 0 Å². The molecule has 0 bridgehead atoms. The Bertz CT molecular complexity index is 423. The zero-order valence-electron chi connectivity index (χ0n) is 12.4. The standard InChI is InChI=1S/C16H23NO3/c1-5-14(17-15(18)20-16(2,3)4)12-19-11-13-9-7-6-8-10-13/h5-10,14H,1,11-12H2,2-4H3,(H,17,18). The van der Waals surface area contributed by atoms with E-state index >= 15 is 0 Å². The fourth-order valence-corrected chi connectivity index (χ4v) is 1.51. The largest absolute Gasteiger partial charge is 0.444 e. The predicted molar refractivity (Wildman–Crippen MR) is 79.5 cm³/mol. The van der Waals surface area contributed by atoms with Crippen LogP contribution in [0, 0.1) is 0 Å². The normalized spacial score (nSPS) is 12.6.